The number of thioether (sulfide) groups is 1. The van der Waals surface area contributed by atoms with Gasteiger partial charge in [0.15, 0.2) is 0 Å². The first-order valence-corrected chi connectivity index (χ1v) is 5.31. The topological polar surface area (TPSA) is 40.7 Å². The summed E-state index contributed by atoms with van der Waals surface area (Å²) in [4.78, 5) is 7.29. The fraction of sp³-hybridized carbons (Fsp3) is 0.625. The Morgan fingerprint density at radius 3 is 3.08 bits per heavy atom. The maximum absolute atomic E-state index is 4.22. The molecule has 0 unspecified atom stereocenters. The molecule has 2 N–H and O–H groups in total. The molecule has 3 nitrogen and oxygen atoms in total. The van der Waals surface area contributed by atoms with Gasteiger partial charge >= 0.3 is 0 Å². The number of H-pyrrole nitrogens is 1. The van der Waals surface area contributed by atoms with Crippen LogP contribution in [0.5, 0.6) is 0 Å². The Morgan fingerprint density at radius 1 is 1.75 bits per heavy atom. The number of nitrogens with one attached hydrogen (secondary N) is 2. The molecule has 4 heteroatoms. The predicted molar refractivity (Wildman–Crippen MR) is 51.3 cm³/mol. The van der Waals surface area contributed by atoms with Gasteiger partial charge in [-0.25, -0.2) is 4.98 Å². The Balaban J connectivity index is 1.82. The molecule has 2 heterocycles. The van der Waals surface area contributed by atoms with Crippen molar-refractivity contribution >= 4 is 11.8 Å². The average molecular weight is 183 g/mol. The standard InChI is InChI=1S/C8H13N3S/c1-6-8(11-5-10-6)2-9-7-3-12-4-7/h5,7,9H,2-4H2,1H3,(H,10,11). The van der Waals surface area contributed by atoms with Gasteiger partial charge in [-0.1, -0.05) is 0 Å². The van der Waals surface area contributed by atoms with Crippen molar-refractivity contribution in [1.29, 1.82) is 0 Å². The Kier molecular flexibility index (Phi) is 2.37. The second-order valence-electron chi connectivity index (χ2n) is 3.09. The van der Waals surface area contributed by atoms with Gasteiger partial charge in [-0.2, -0.15) is 11.8 Å². The summed E-state index contributed by atoms with van der Waals surface area (Å²) in [5, 5.41) is 3.46. The van der Waals surface area contributed by atoms with Crippen molar-refractivity contribution in [3.8, 4) is 0 Å². The molecule has 0 atom stereocenters. The first-order valence-electron chi connectivity index (χ1n) is 4.16. The summed E-state index contributed by atoms with van der Waals surface area (Å²) >= 11 is 2.00. The van der Waals surface area contributed by atoms with E-state index in [0.717, 1.165) is 12.2 Å². The lowest BCUT2D eigenvalue weighted by Crippen LogP contribution is -2.39. The summed E-state index contributed by atoms with van der Waals surface area (Å²) in [7, 11) is 0. The van der Waals surface area contributed by atoms with Gasteiger partial charge in [0.2, 0.25) is 0 Å². The fourth-order valence-electron chi connectivity index (χ4n) is 1.16. The minimum atomic E-state index is 0.714. The van der Waals surface area contributed by atoms with E-state index < -0.39 is 0 Å². The van der Waals surface area contributed by atoms with E-state index in [0.29, 0.717) is 6.04 Å². The van der Waals surface area contributed by atoms with E-state index in [-0.39, 0.29) is 0 Å². The van der Waals surface area contributed by atoms with Crippen molar-refractivity contribution in [3.63, 3.8) is 0 Å². The van der Waals surface area contributed by atoms with E-state index in [2.05, 4.69) is 22.2 Å². The molecule has 1 aromatic heterocycles. The molecule has 1 aliphatic rings. The van der Waals surface area contributed by atoms with Gasteiger partial charge < -0.3 is 10.3 Å². The molecule has 1 aromatic rings. The van der Waals surface area contributed by atoms with Crippen LogP contribution in [0.2, 0.25) is 0 Å². The highest BCUT2D eigenvalue weighted by molar-refractivity contribution is 8.00. The van der Waals surface area contributed by atoms with Gasteiger partial charge in [-0.3, -0.25) is 0 Å². The maximum atomic E-state index is 4.22. The lowest BCUT2D eigenvalue weighted by Gasteiger charge is -2.25. The molecule has 1 saturated heterocycles. The maximum Gasteiger partial charge on any atom is 0.0925 e. The number of aryl methyl sites for hydroxylation is 1. The molecular formula is C8H13N3S. The lowest BCUT2D eigenvalue weighted by atomic mass is 10.3. The third-order valence-corrected chi connectivity index (χ3v) is 3.41. The van der Waals surface area contributed by atoms with Crippen LogP contribution in [-0.2, 0) is 6.54 Å². The summed E-state index contributed by atoms with van der Waals surface area (Å²) in [6.07, 6.45) is 1.75. The van der Waals surface area contributed by atoms with Crippen LogP contribution in [0.25, 0.3) is 0 Å². The molecule has 0 spiro atoms. The van der Waals surface area contributed by atoms with Crippen LogP contribution in [-0.4, -0.2) is 27.5 Å². The van der Waals surface area contributed by atoms with E-state index in [9.17, 15) is 0 Å². The zero-order valence-corrected chi connectivity index (χ0v) is 7.95. The SMILES string of the molecule is Cc1[nH]cnc1CNC1CSC1. The summed E-state index contributed by atoms with van der Waals surface area (Å²) in [5.41, 5.74) is 2.32. The lowest BCUT2D eigenvalue weighted by molar-refractivity contribution is 0.576. The largest absolute Gasteiger partial charge is 0.348 e. The second-order valence-corrected chi connectivity index (χ2v) is 4.16. The van der Waals surface area contributed by atoms with Crippen molar-refractivity contribution in [2.24, 2.45) is 0 Å². The van der Waals surface area contributed by atoms with E-state index in [1.807, 2.05) is 11.8 Å². The number of hydrogen-bond donors (Lipinski definition) is 2. The molecule has 0 amide bonds. The van der Waals surface area contributed by atoms with E-state index in [1.54, 1.807) is 6.33 Å². The van der Waals surface area contributed by atoms with Gasteiger partial charge in [0, 0.05) is 29.8 Å². The average Bonchev–Trinajstić information content (AvgIpc) is 2.33. The molecule has 12 heavy (non-hydrogen) atoms. The summed E-state index contributed by atoms with van der Waals surface area (Å²) in [6, 6.07) is 0.714. The minimum absolute atomic E-state index is 0.714. The molecule has 0 saturated carbocycles. The van der Waals surface area contributed by atoms with Crippen molar-refractivity contribution in [1.82, 2.24) is 15.3 Å². The van der Waals surface area contributed by atoms with Gasteiger partial charge in [0.25, 0.3) is 0 Å². The third-order valence-electron chi connectivity index (χ3n) is 2.13. The monoisotopic (exact) mass is 183 g/mol. The molecular weight excluding hydrogens is 170 g/mol. The third kappa shape index (κ3) is 1.64. The van der Waals surface area contributed by atoms with Crippen LogP contribution < -0.4 is 5.32 Å². The van der Waals surface area contributed by atoms with Gasteiger partial charge in [0.05, 0.1) is 12.0 Å². The normalized spacial score (nSPS) is 17.8. The summed E-state index contributed by atoms with van der Waals surface area (Å²) in [5.74, 6) is 2.51. The Morgan fingerprint density at radius 2 is 2.58 bits per heavy atom. The van der Waals surface area contributed by atoms with Crippen LogP contribution in [0, 0.1) is 6.92 Å². The summed E-state index contributed by atoms with van der Waals surface area (Å²) < 4.78 is 0. The molecule has 1 aliphatic heterocycles. The zero-order valence-electron chi connectivity index (χ0n) is 7.13. The predicted octanol–water partition coefficient (Wildman–Crippen LogP) is 0.923. The van der Waals surface area contributed by atoms with Crippen molar-refractivity contribution in [2.75, 3.05) is 11.5 Å². The van der Waals surface area contributed by atoms with Crippen molar-refractivity contribution in [2.45, 2.75) is 19.5 Å². The van der Waals surface area contributed by atoms with Crippen LogP contribution in [0.4, 0.5) is 0 Å². The quantitative estimate of drug-likeness (QED) is 0.732. The Labute approximate surface area is 76.4 Å². The van der Waals surface area contributed by atoms with Gasteiger partial charge in [-0.05, 0) is 6.92 Å². The Bertz CT molecular complexity index is 255. The first-order chi connectivity index (χ1) is 5.86. The number of hydrogen-bond acceptors (Lipinski definition) is 3. The highest BCUT2D eigenvalue weighted by Gasteiger charge is 2.17. The molecule has 0 bridgehead atoms. The van der Waals surface area contributed by atoms with Crippen LogP contribution >= 0.6 is 11.8 Å². The highest BCUT2D eigenvalue weighted by Crippen LogP contribution is 2.17. The smallest absolute Gasteiger partial charge is 0.0925 e. The number of aromatic nitrogens is 2. The molecule has 0 aliphatic carbocycles. The second kappa shape index (κ2) is 3.49. The number of nitrogens with zero attached hydrogens (tertiary/aromatic N) is 1. The zero-order chi connectivity index (χ0) is 8.39. The van der Waals surface area contributed by atoms with E-state index in [4.69, 9.17) is 0 Å². The first kappa shape index (κ1) is 8.13. The molecule has 1 fully saturated rings. The Hall–Kier alpha value is -0.480. The van der Waals surface area contributed by atoms with Crippen LogP contribution in [0.3, 0.4) is 0 Å². The minimum Gasteiger partial charge on any atom is -0.348 e. The molecule has 0 aromatic carbocycles. The van der Waals surface area contributed by atoms with Crippen LogP contribution in [0.15, 0.2) is 6.33 Å². The number of aromatic amines is 1. The molecule has 66 valence electrons. The highest BCUT2D eigenvalue weighted by atomic mass is 32.2. The van der Waals surface area contributed by atoms with E-state index in [1.165, 1.54) is 17.2 Å². The summed E-state index contributed by atoms with van der Waals surface area (Å²) in [6.45, 7) is 2.96. The van der Waals surface area contributed by atoms with Gasteiger partial charge in [-0.15, -0.1) is 0 Å². The van der Waals surface area contributed by atoms with Gasteiger partial charge in [0.1, 0.15) is 0 Å². The molecule has 2 rings (SSSR count). The van der Waals surface area contributed by atoms with E-state index >= 15 is 0 Å². The van der Waals surface area contributed by atoms with Crippen molar-refractivity contribution in [3.05, 3.63) is 17.7 Å². The number of rotatable bonds is 3. The van der Waals surface area contributed by atoms with Crippen molar-refractivity contribution < 1.29 is 0 Å². The molecule has 0 radical (unpaired) electrons. The van der Waals surface area contributed by atoms with Crippen LogP contribution in [0.1, 0.15) is 11.4 Å². The fourth-order valence-corrected chi connectivity index (χ4v) is 1.87. The number of imidazole rings is 1.